The van der Waals surface area contributed by atoms with E-state index < -0.39 is 0 Å². The van der Waals surface area contributed by atoms with E-state index in [-0.39, 0.29) is 11.9 Å². The third-order valence-corrected chi connectivity index (χ3v) is 3.66. The van der Waals surface area contributed by atoms with Gasteiger partial charge < -0.3 is 9.88 Å². The summed E-state index contributed by atoms with van der Waals surface area (Å²) in [6, 6.07) is -0.147. The molecular weight excluding hydrogens is 226 g/mol. The van der Waals surface area contributed by atoms with Gasteiger partial charge in [0.2, 0.25) is 5.91 Å². The SMILES string of the molecule is CCCNC(=O)C(C)n1c(C)nc2c1CCCC2. The third-order valence-electron chi connectivity index (χ3n) is 3.66. The third kappa shape index (κ3) is 2.42. The maximum absolute atomic E-state index is 12.1. The van der Waals surface area contributed by atoms with Crippen LogP contribution in [-0.2, 0) is 17.6 Å². The van der Waals surface area contributed by atoms with Crippen LogP contribution in [0, 0.1) is 6.92 Å². The van der Waals surface area contributed by atoms with Crippen molar-refractivity contribution < 1.29 is 4.79 Å². The Labute approximate surface area is 109 Å². The molecule has 0 radical (unpaired) electrons. The van der Waals surface area contributed by atoms with Gasteiger partial charge in [-0.05, 0) is 46.0 Å². The van der Waals surface area contributed by atoms with Crippen molar-refractivity contribution in [3.63, 3.8) is 0 Å². The first-order valence-electron chi connectivity index (χ1n) is 6.99. The number of carbonyl (C=O) groups excluding carboxylic acids is 1. The first-order valence-corrected chi connectivity index (χ1v) is 6.99. The Kier molecular flexibility index (Phi) is 4.04. The quantitative estimate of drug-likeness (QED) is 0.889. The second-order valence-electron chi connectivity index (χ2n) is 5.10. The first-order chi connectivity index (χ1) is 8.65. The summed E-state index contributed by atoms with van der Waals surface area (Å²) in [6.45, 7) is 6.78. The molecule has 1 atom stereocenters. The molecule has 1 aromatic heterocycles. The van der Waals surface area contributed by atoms with Gasteiger partial charge in [-0.15, -0.1) is 0 Å². The minimum Gasteiger partial charge on any atom is -0.354 e. The average Bonchev–Trinajstić information content (AvgIpc) is 2.70. The van der Waals surface area contributed by atoms with E-state index in [2.05, 4.69) is 21.8 Å². The predicted octanol–water partition coefficient (Wildman–Crippen LogP) is 2.16. The van der Waals surface area contributed by atoms with Crippen LogP contribution >= 0.6 is 0 Å². The van der Waals surface area contributed by atoms with Crippen LogP contribution in [0.15, 0.2) is 0 Å². The van der Waals surface area contributed by atoms with E-state index >= 15 is 0 Å². The first kappa shape index (κ1) is 13.1. The Balaban J connectivity index is 2.21. The molecule has 0 saturated carbocycles. The lowest BCUT2D eigenvalue weighted by Crippen LogP contribution is -2.32. The largest absolute Gasteiger partial charge is 0.354 e. The molecule has 1 aliphatic rings. The molecule has 0 spiro atoms. The van der Waals surface area contributed by atoms with Crippen molar-refractivity contribution >= 4 is 5.91 Å². The summed E-state index contributed by atoms with van der Waals surface area (Å²) < 4.78 is 2.12. The highest BCUT2D eigenvalue weighted by Gasteiger charge is 2.24. The molecule has 2 rings (SSSR count). The molecule has 1 amide bonds. The number of amides is 1. The van der Waals surface area contributed by atoms with Crippen LogP contribution < -0.4 is 5.32 Å². The van der Waals surface area contributed by atoms with Gasteiger partial charge >= 0.3 is 0 Å². The predicted molar refractivity (Wildman–Crippen MR) is 71.6 cm³/mol. The number of carbonyl (C=O) groups is 1. The average molecular weight is 249 g/mol. The number of hydrogen-bond donors (Lipinski definition) is 1. The monoisotopic (exact) mass is 249 g/mol. The molecule has 0 aliphatic heterocycles. The van der Waals surface area contributed by atoms with Crippen molar-refractivity contribution in [3.05, 3.63) is 17.2 Å². The second kappa shape index (κ2) is 5.55. The molecule has 18 heavy (non-hydrogen) atoms. The van der Waals surface area contributed by atoms with Crippen molar-refractivity contribution in [2.45, 2.75) is 58.9 Å². The highest BCUT2D eigenvalue weighted by atomic mass is 16.2. The van der Waals surface area contributed by atoms with E-state index in [1.165, 1.54) is 24.2 Å². The highest BCUT2D eigenvalue weighted by Crippen LogP contribution is 2.25. The summed E-state index contributed by atoms with van der Waals surface area (Å²) in [5, 5.41) is 2.97. The van der Waals surface area contributed by atoms with Gasteiger partial charge in [0.05, 0.1) is 5.69 Å². The van der Waals surface area contributed by atoms with Crippen LogP contribution in [0.4, 0.5) is 0 Å². The summed E-state index contributed by atoms with van der Waals surface area (Å²) >= 11 is 0. The van der Waals surface area contributed by atoms with Gasteiger partial charge in [-0.2, -0.15) is 0 Å². The van der Waals surface area contributed by atoms with Gasteiger partial charge in [0.15, 0.2) is 0 Å². The molecule has 0 saturated heterocycles. The lowest BCUT2D eigenvalue weighted by molar-refractivity contribution is -0.123. The zero-order valence-corrected chi connectivity index (χ0v) is 11.6. The summed E-state index contributed by atoms with van der Waals surface area (Å²) in [7, 11) is 0. The van der Waals surface area contributed by atoms with Crippen molar-refractivity contribution in [1.29, 1.82) is 0 Å². The van der Waals surface area contributed by atoms with Crippen LogP contribution in [0.25, 0.3) is 0 Å². The fourth-order valence-electron chi connectivity index (χ4n) is 2.73. The zero-order chi connectivity index (χ0) is 13.1. The topological polar surface area (TPSA) is 46.9 Å². The minimum absolute atomic E-state index is 0.103. The molecule has 100 valence electrons. The molecular formula is C14H23N3O. The molecule has 0 bridgehead atoms. The van der Waals surface area contributed by atoms with E-state index in [0.717, 1.165) is 31.6 Å². The molecule has 1 unspecified atom stereocenters. The zero-order valence-electron chi connectivity index (χ0n) is 11.6. The second-order valence-corrected chi connectivity index (χ2v) is 5.10. The molecule has 1 aromatic rings. The van der Waals surface area contributed by atoms with E-state index in [1.54, 1.807) is 0 Å². The van der Waals surface area contributed by atoms with E-state index in [0.29, 0.717) is 0 Å². The molecule has 1 N–H and O–H groups in total. The van der Waals surface area contributed by atoms with Crippen LogP contribution in [0.5, 0.6) is 0 Å². The number of aryl methyl sites for hydroxylation is 2. The Bertz CT molecular complexity index is 436. The lowest BCUT2D eigenvalue weighted by atomic mass is 10.0. The Morgan fingerprint density at radius 2 is 2.17 bits per heavy atom. The smallest absolute Gasteiger partial charge is 0.242 e. The van der Waals surface area contributed by atoms with Gasteiger partial charge in [0.25, 0.3) is 0 Å². The van der Waals surface area contributed by atoms with E-state index in [9.17, 15) is 4.79 Å². The molecule has 4 nitrogen and oxygen atoms in total. The number of nitrogens with one attached hydrogen (secondary N) is 1. The standard InChI is InChI=1S/C14H23N3O/c1-4-9-15-14(18)10(2)17-11(3)16-12-7-5-6-8-13(12)17/h10H,4-9H2,1-3H3,(H,15,18). The maximum atomic E-state index is 12.1. The molecule has 1 heterocycles. The number of fused-ring (bicyclic) bond motifs is 1. The van der Waals surface area contributed by atoms with Crippen LogP contribution in [0.3, 0.4) is 0 Å². The lowest BCUT2D eigenvalue weighted by Gasteiger charge is -2.20. The van der Waals surface area contributed by atoms with E-state index in [1.807, 2.05) is 13.8 Å². The van der Waals surface area contributed by atoms with Gasteiger partial charge in [-0.25, -0.2) is 4.98 Å². The van der Waals surface area contributed by atoms with Gasteiger partial charge in [-0.3, -0.25) is 4.79 Å². The fourth-order valence-corrected chi connectivity index (χ4v) is 2.73. The van der Waals surface area contributed by atoms with Crippen LogP contribution in [0.1, 0.15) is 56.4 Å². The van der Waals surface area contributed by atoms with Gasteiger partial charge in [-0.1, -0.05) is 6.92 Å². The van der Waals surface area contributed by atoms with Crippen molar-refractivity contribution in [2.75, 3.05) is 6.54 Å². The number of rotatable bonds is 4. The molecule has 4 heteroatoms. The number of aromatic nitrogens is 2. The van der Waals surface area contributed by atoms with Crippen molar-refractivity contribution in [2.24, 2.45) is 0 Å². The summed E-state index contributed by atoms with van der Waals surface area (Å²) in [6.07, 6.45) is 5.52. The van der Waals surface area contributed by atoms with Crippen LogP contribution in [0.2, 0.25) is 0 Å². The van der Waals surface area contributed by atoms with Crippen molar-refractivity contribution in [3.8, 4) is 0 Å². The maximum Gasteiger partial charge on any atom is 0.242 e. The number of nitrogens with zero attached hydrogens (tertiary/aromatic N) is 2. The van der Waals surface area contributed by atoms with E-state index in [4.69, 9.17) is 0 Å². The van der Waals surface area contributed by atoms with Gasteiger partial charge in [0, 0.05) is 12.2 Å². The fraction of sp³-hybridized carbons (Fsp3) is 0.714. The summed E-state index contributed by atoms with van der Waals surface area (Å²) in [4.78, 5) is 16.7. The minimum atomic E-state index is -0.147. The van der Waals surface area contributed by atoms with Gasteiger partial charge in [0.1, 0.15) is 11.9 Å². The number of imidazole rings is 1. The summed E-state index contributed by atoms with van der Waals surface area (Å²) in [5.74, 6) is 1.08. The summed E-state index contributed by atoms with van der Waals surface area (Å²) in [5.41, 5.74) is 2.48. The highest BCUT2D eigenvalue weighted by molar-refractivity contribution is 5.80. The Morgan fingerprint density at radius 1 is 1.44 bits per heavy atom. The molecule has 0 fully saturated rings. The van der Waals surface area contributed by atoms with Crippen LogP contribution in [-0.4, -0.2) is 22.0 Å². The molecule has 0 aromatic carbocycles. The Hall–Kier alpha value is -1.32. The normalized spacial score (nSPS) is 16.2. The Morgan fingerprint density at radius 3 is 2.89 bits per heavy atom. The van der Waals surface area contributed by atoms with Crippen molar-refractivity contribution in [1.82, 2.24) is 14.9 Å². The molecule has 1 aliphatic carbocycles. The number of hydrogen-bond acceptors (Lipinski definition) is 2.